The van der Waals surface area contributed by atoms with Crippen LogP contribution in [-0.2, 0) is 20.0 Å². The normalized spacial score (nSPS) is 10.2. The van der Waals surface area contributed by atoms with Crippen LogP contribution in [0.3, 0.4) is 0 Å². The van der Waals surface area contributed by atoms with Crippen LogP contribution in [0.4, 0.5) is 0 Å². The van der Waals surface area contributed by atoms with Crippen molar-refractivity contribution in [1.82, 2.24) is 9.55 Å². The zero-order chi connectivity index (χ0) is 17.6. The molecule has 4 nitrogen and oxygen atoms in total. The maximum absolute atomic E-state index is 8.53. The van der Waals surface area contributed by atoms with E-state index in [4.69, 9.17) is 5.26 Å². The molecule has 0 saturated carbocycles. The fourth-order valence-corrected chi connectivity index (χ4v) is 3.04. The van der Waals surface area contributed by atoms with Crippen molar-refractivity contribution in [2.24, 2.45) is 12.0 Å². The van der Waals surface area contributed by atoms with Crippen molar-refractivity contribution in [3.63, 3.8) is 0 Å². The van der Waals surface area contributed by atoms with Gasteiger partial charge in [-0.25, -0.2) is 0 Å². The molecule has 0 atom stereocenters. The number of aromatic amines is 1. The summed E-state index contributed by atoms with van der Waals surface area (Å²) in [6, 6.07) is 18.5. The first-order valence-corrected chi connectivity index (χ1v) is 8.12. The van der Waals surface area contributed by atoms with E-state index in [-0.39, 0.29) is 0 Å². The molecule has 2 aromatic carbocycles. The molecule has 0 aliphatic rings. The fraction of sp³-hybridized carbons (Fsp3) is 0.143. The SMILES string of the molecule is C=NCc1cn(C)c2ccccc12.N#CCc1c[nH]c2ccccc12. The second-order valence-electron chi connectivity index (χ2n) is 5.86. The highest BCUT2D eigenvalue weighted by Gasteiger charge is 2.03. The van der Waals surface area contributed by atoms with E-state index in [2.05, 4.69) is 58.8 Å². The topological polar surface area (TPSA) is 56.9 Å². The number of aliphatic imine (C=N–C) groups is 1. The maximum Gasteiger partial charge on any atom is 0.0670 e. The van der Waals surface area contributed by atoms with Crippen molar-refractivity contribution >= 4 is 28.5 Å². The lowest BCUT2D eigenvalue weighted by atomic mass is 10.1. The summed E-state index contributed by atoms with van der Waals surface area (Å²) in [6.07, 6.45) is 4.48. The minimum atomic E-state index is 0.476. The minimum absolute atomic E-state index is 0.476. The lowest BCUT2D eigenvalue weighted by Crippen LogP contribution is -1.81. The Hall–Kier alpha value is -3.32. The molecule has 25 heavy (non-hydrogen) atoms. The zero-order valence-corrected chi connectivity index (χ0v) is 14.2. The van der Waals surface area contributed by atoms with Crippen LogP contribution in [0.25, 0.3) is 21.8 Å². The number of hydrogen-bond donors (Lipinski definition) is 1. The Kier molecular flexibility index (Phi) is 4.96. The second kappa shape index (κ2) is 7.50. The molecule has 0 amide bonds. The van der Waals surface area contributed by atoms with Gasteiger partial charge in [0.25, 0.3) is 0 Å². The number of H-pyrrole nitrogens is 1. The number of fused-ring (bicyclic) bond motifs is 2. The fourth-order valence-electron chi connectivity index (χ4n) is 3.04. The smallest absolute Gasteiger partial charge is 0.0670 e. The van der Waals surface area contributed by atoms with Gasteiger partial charge in [0.1, 0.15) is 0 Å². The molecule has 0 unspecified atom stereocenters. The molecule has 4 rings (SSSR count). The first-order chi connectivity index (χ1) is 12.2. The molecule has 1 N–H and O–H groups in total. The standard InChI is InChI=1S/C11H12N2.C10H8N2/c1-12-7-9-8-13(2)11-6-4-3-5-10(9)11;11-6-5-8-7-12-10-4-2-1-3-9(8)10/h3-6,8H,1,7H2,2H3;1-4,7,12H,5H2. The molecule has 124 valence electrons. The predicted molar refractivity (Wildman–Crippen MR) is 104 cm³/mol. The number of nitrogens with zero attached hydrogens (tertiary/aromatic N) is 3. The van der Waals surface area contributed by atoms with Crippen molar-refractivity contribution in [2.75, 3.05) is 0 Å². The summed E-state index contributed by atoms with van der Waals surface area (Å²) in [5, 5.41) is 11.0. The summed E-state index contributed by atoms with van der Waals surface area (Å²) in [4.78, 5) is 7.03. The van der Waals surface area contributed by atoms with Crippen molar-refractivity contribution in [3.8, 4) is 6.07 Å². The van der Waals surface area contributed by atoms with Gasteiger partial charge in [0.15, 0.2) is 0 Å². The quantitative estimate of drug-likeness (QED) is 0.548. The third-order valence-corrected chi connectivity index (χ3v) is 4.21. The molecule has 0 spiro atoms. The Morgan fingerprint density at radius 2 is 1.80 bits per heavy atom. The van der Waals surface area contributed by atoms with Crippen LogP contribution in [-0.4, -0.2) is 16.3 Å². The number of hydrogen-bond acceptors (Lipinski definition) is 2. The number of para-hydroxylation sites is 2. The summed E-state index contributed by atoms with van der Waals surface area (Å²) >= 11 is 0. The molecular formula is C21H20N4. The Bertz CT molecular complexity index is 1050. The molecule has 0 fully saturated rings. The Morgan fingerprint density at radius 1 is 1.08 bits per heavy atom. The molecule has 0 aliphatic carbocycles. The highest BCUT2D eigenvalue weighted by atomic mass is 14.9. The van der Waals surface area contributed by atoms with Gasteiger partial charge in [0.2, 0.25) is 0 Å². The van der Waals surface area contributed by atoms with Gasteiger partial charge in [-0.05, 0) is 30.0 Å². The summed E-state index contributed by atoms with van der Waals surface area (Å²) < 4.78 is 2.12. The minimum Gasteiger partial charge on any atom is -0.361 e. The van der Waals surface area contributed by atoms with Gasteiger partial charge < -0.3 is 9.55 Å². The monoisotopic (exact) mass is 328 g/mol. The largest absolute Gasteiger partial charge is 0.361 e. The van der Waals surface area contributed by atoms with E-state index in [0.29, 0.717) is 13.0 Å². The van der Waals surface area contributed by atoms with E-state index in [1.165, 1.54) is 16.5 Å². The molecule has 0 radical (unpaired) electrons. The number of nitrogens with one attached hydrogen (secondary N) is 1. The van der Waals surface area contributed by atoms with Crippen LogP contribution in [0.15, 0.2) is 65.9 Å². The van der Waals surface area contributed by atoms with Gasteiger partial charge >= 0.3 is 0 Å². The molecule has 2 aromatic heterocycles. The van der Waals surface area contributed by atoms with E-state index < -0.39 is 0 Å². The third-order valence-electron chi connectivity index (χ3n) is 4.21. The molecule has 4 aromatic rings. The number of benzene rings is 2. The molecule has 0 aliphatic heterocycles. The Balaban J connectivity index is 0.000000146. The molecule has 0 bridgehead atoms. The van der Waals surface area contributed by atoms with Crippen molar-refractivity contribution in [3.05, 3.63) is 72.1 Å². The van der Waals surface area contributed by atoms with E-state index in [9.17, 15) is 0 Å². The van der Waals surface area contributed by atoms with Gasteiger partial charge in [0.05, 0.1) is 19.0 Å². The van der Waals surface area contributed by atoms with Crippen molar-refractivity contribution in [1.29, 1.82) is 5.26 Å². The van der Waals surface area contributed by atoms with Crippen LogP contribution in [0.2, 0.25) is 0 Å². The number of aromatic nitrogens is 2. The number of aryl methyl sites for hydroxylation is 1. The highest BCUT2D eigenvalue weighted by Crippen LogP contribution is 2.20. The van der Waals surface area contributed by atoms with Gasteiger partial charge in [-0.15, -0.1) is 0 Å². The maximum atomic E-state index is 8.53. The van der Waals surface area contributed by atoms with Crippen LogP contribution >= 0.6 is 0 Å². The predicted octanol–water partition coefficient (Wildman–Crippen LogP) is 4.61. The zero-order valence-electron chi connectivity index (χ0n) is 14.2. The molecule has 2 heterocycles. The van der Waals surface area contributed by atoms with Gasteiger partial charge in [0, 0.05) is 41.2 Å². The van der Waals surface area contributed by atoms with E-state index in [0.717, 1.165) is 16.5 Å². The first-order valence-electron chi connectivity index (χ1n) is 8.12. The molecular weight excluding hydrogens is 308 g/mol. The van der Waals surface area contributed by atoms with Gasteiger partial charge in [-0.3, -0.25) is 4.99 Å². The van der Waals surface area contributed by atoms with Crippen molar-refractivity contribution < 1.29 is 0 Å². The average Bonchev–Trinajstić information content (AvgIpc) is 3.19. The first kappa shape index (κ1) is 16.5. The number of nitriles is 1. The van der Waals surface area contributed by atoms with Crippen molar-refractivity contribution in [2.45, 2.75) is 13.0 Å². The van der Waals surface area contributed by atoms with Gasteiger partial charge in [-0.1, -0.05) is 36.4 Å². The summed E-state index contributed by atoms with van der Waals surface area (Å²) in [7, 11) is 2.05. The van der Waals surface area contributed by atoms with E-state index >= 15 is 0 Å². The van der Waals surface area contributed by atoms with Crippen LogP contribution in [0, 0.1) is 11.3 Å². The van der Waals surface area contributed by atoms with E-state index in [1.54, 1.807) is 0 Å². The summed E-state index contributed by atoms with van der Waals surface area (Å²) in [5.74, 6) is 0. The third kappa shape index (κ3) is 3.46. The van der Waals surface area contributed by atoms with Gasteiger partial charge in [-0.2, -0.15) is 5.26 Å². The highest BCUT2D eigenvalue weighted by molar-refractivity contribution is 5.84. The molecule has 4 heteroatoms. The van der Waals surface area contributed by atoms with Crippen LogP contribution in [0.5, 0.6) is 0 Å². The summed E-state index contributed by atoms with van der Waals surface area (Å²) in [6.45, 7) is 4.21. The number of rotatable bonds is 3. The average molecular weight is 328 g/mol. The summed E-state index contributed by atoms with van der Waals surface area (Å²) in [5.41, 5.74) is 4.67. The Labute approximate surface area is 147 Å². The molecule has 0 saturated heterocycles. The van der Waals surface area contributed by atoms with Crippen LogP contribution < -0.4 is 0 Å². The second-order valence-corrected chi connectivity index (χ2v) is 5.86. The van der Waals surface area contributed by atoms with E-state index in [1.807, 2.05) is 36.5 Å². The van der Waals surface area contributed by atoms with Crippen LogP contribution in [0.1, 0.15) is 11.1 Å². The Morgan fingerprint density at radius 3 is 2.56 bits per heavy atom. The lowest BCUT2D eigenvalue weighted by Gasteiger charge is -1.93. The lowest BCUT2D eigenvalue weighted by molar-refractivity contribution is 0.950.